The number of aromatic nitrogens is 2. The van der Waals surface area contributed by atoms with Crippen LogP contribution in [0.15, 0.2) is 17.2 Å². The molecular weight excluding hydrogens is 457 g/mol. The zero-order chi connectivity index (χ0) is 25.2. The fraction of sp³-hybridized carbons (Fsp3) is 0.600. The summed E-state index contributed by atoms with van der Waals surface area (Å²) < 4.78 is 48.3. The number of Topliss-reactive ketones (excluding diaryl/α,β-unsaturated/α-hetero) is 1. The van der Waals surface area contributed by atoms with E-state index in [4.69, 9.17) is 4.74 Å². The van der Waals surface area contributed by atoms with Gasteiger partial charge in [-0.05, 0) is 61.2 Å². The first kappa shape index (κ1) is 26.3. The number of halogens is 1. The molecule has 9 heteroatoms. The standard InChI is InChI=1S/C25H36FN3O4S/c1-16(2)20-12-18(26)13-21(17(3)4)22(20)14-19(30)15-34(31,32)24-25-29(9-7-11-33-25)23(27-24)8-10-28(5)6/h12-13,16-17H,7-11,14-15H2,1-6H3. The number of hydrogen-bond donors (Lipinski definition) is 0. The van der Waals surface area contributed by atoms with E-state index in [1.807, 2.05) is 51.3 Å². The minimum Gasteiger partial charge on any atom is -0.477 e. The lowest BCUT2D eigenvalue weighted by molar-refractivity contribution is -0.116. The molecule has 1 aromatic carbocycles. The van der Waals surface area contributed by atoms with Crippen molar-refractivity contribution in [2.24, 2.45) is 0 Å². The van der Waals surface area contributed by atoms with E-state index in [9.17, 15) is 17.6 Å². The van der Waals surface area contributed by atoms with Gasteiger partial charge in [0.15, 0.2) is 5.78 Å². The average molecular weight is 494 g/mol. The van der Waals surface area contributed by atoms with Gasteiger partial charge in [-0.25, -0.2) is 17.8 Å². The molecule has 0 radical (unpaired) electrons. The molecule has 0 amide bonds. The van der Waals surface area contributed by atoms with Crippen LogP contribution in [0, 0.1) is 5.82 Å². The summed E-state index contributed by atoms with van der Waals surface area (Å²) in [7, 11) is -0.120. The van der Waals surface area contributed by atoms with Gasteiger partial charge in [0.1, 0.15) is 17.4 Å². The second kappa shape index (κ2) is 10.6. The first-order valence-corrected chi connectivity index (χ1v) is 13.5. The Balaban J connectivity index is 1.91. The molecule has 0 N–H and O–H groups in total. The summed E-state index contributed by atoms with van der Waals surface area (Å²) in [5.41, 5.74) is 2.20. The molecule has 2 aromatic rings. The third kappa shape index (κ3) is 5.86. The topological polar surface area (TPSA) is 81.5 Å². The highest BCUT2D eigenvalue weighted by Gasteiger charge is 2.32. The van der Waals surface area contributed by atoms with Gasteiger partial charge in [-0.2, -0.15) is 0 Å². The van der Waals surface area contributed by atoms with Crippen molar-refractivity contribution < 1.29 is 22.3 Å². The van der Waals surface area contributed by atoms with E-state index in [1.54, 1.807) is 0 Å². The summed E-state index contributed by atoms with van der Waals surface area (Å²) in [6.45, 7) is 9.53. The molecular formula is C25H36FN3O4S. The molecule has 1 aliphatic rings. The SMILES string of the molecule is CC(C)c1cc(F)cc(C(C)C)c1CC(=O)CS(=O)(=O)c1nc(CCN(C)C)n2c1OCCC2. The van der Waals surface area contributed by atoms with Gasteiger partial charge in [-0.3, -0.25) is 9.36 Å². The third-order valence-corrected chi connectivity index (χ3v) is 7.62. The molecule has 3 rings (SSSR count). The molecule has 34 heavy (non-hydrogen) atoms. The molecule has 7 nitrogen and oxygen atoms in total. The fourth-order valence-corrected chi connectivity index (χ4v) is 5.72. The fourth-order valence-electron chi connectivity index (χ4n) is 4.38. The molecule has 0 atom stereocenters. The highest BCUT2D eigenvalue weighted by Crippen LogP contribution is 2.32. The molecule has 0 unspecified atom stereocenters. The van der Waals surface area contributed by atoms with Gasteiger partial charge in [0.05, 0.1) is 6.61 Å². The number of nitrogens with zero attached hydrogens (tertiary/aromatic N) is 3. The van der Waals surface area contributed by atoms with Crippen molar-refractivity contribution >= 4 is 15.6 Å². The Bertz CT molecular complexity index is 1120. The van der Waals surface area contributed by atoms with Crippen LogP contribution in [0.25, 0.3) is 0 Å². The van der Waals surface area contributed by atoms with Crippen molar-refractivity contribution in [1.82, 2.24) is 14.5 Å². The van der Waals surface area contributed by atoms with E-state index < -0.39 is 21.4 Å². The number of ether oxygens (including phenoxy) is 1. The number of ketones is 1. The normalized spacial score (nSPS) is 14.1. The molecule has 0 saturated carbocycles. The highest BCUT2D eigenvalue weighted by atomic mass is 32.2. The van der Waals surface area contributed by atoms with E-state index in [0.29, 0.717) is 25.4 Å². The van der Waals surface area contributed by atoms with E-state index in [2.05, 4.69) is 4.98 Å². The van der Waals surface area contributed by atoms with Gasteiger partial charge in [0, 0.05) is 25.9 Å². The van der Waals surface area contributed by atoms with E-state index in [-0.39, 0.29) is 35.0 Å². The van der Waals surface area contributed by atoms with Gasteiger partial charge in [-0.15, -0.1) is 0 Å². The quantitative estimate of drug-likeness (QED) is 0.502. The lowest BCUT2D eigenvalue weighted by Gasteiger charge is -2.20. The smallest absolute Gasteiger partial charge is 0.233 e. The maximum atomic E-state index is 14.2. The number of sulfone groups is 1. The number of carbonyl (C=O) groups is 1. The van der Waals surface area contributed by atoms with Crippen molar-refractivity contribution in [2.45, 2.75) is 70.4 Å². The number of imidazole rings is 1. The summed E-state index contributed by atoms with van der Waals surface area (Å²) in [6, 6.07) is 2.90. The van der Waals surface area contributed by atoms with E-state index >= 15 is 0 Å². The second-order valence-corrected chi connectivity index (χ2v) is 11.8. The van der Waals surface area contributed by atoms with Gasteiger partial charge in [0.25, 0.3) is 0 Å². The minimum absolute atomic E-state index is 0.000391. The zero-order valence-corrected chi connectivity index (χ0v) is 21.8. The predicted molar refractivity (Wildman–Crippen MR) is 130 cm³/mol. The lowest BCUT2D eigenvalue weighted by Crippen LogP contribution is -2.22. The highest BCUT2D eigenvalue weighted by molar-refractivity contribution is 7.92. The molecule has 0 fully saturated rings. The van der Waals surface area contributed by atoms with Crippen LogP contribution in [0.1, 0.15) is 68.5 Å². The van der Waals surface area contributed by atoms with Gasteiger partial charge in [0.2, 0.25) is 20.7 Å². The van der Waals surface area contributed by atoms with Gasteiger partial charge < -0.3 is 9.64 Å². The maximum Gasteiger partial charge on any atom is 0.233 e. The molecule has 0 bridgehead atoms. The monoisotopic (exact) mass is 493 g/mol. The molecule has 1 aliphatic heterocycles. The number of rotatable bonds is 10. The molecule has 188 valence electrons. The van der Waals surface area contributed by atoms with Crippen LogP contribution >= 0.6 is 0 Å². The maximum absolute atomic E-state index is 14.2. The first-order chi connectivity index (χ1) is 15.9. The van der Waals surface area contributed by atoms with E-state index in [0.717, 1.165) is 29.7 Å². The summed E-state index contributed by atoms with van der Waals surface area (Å²) >= 11 is 0. The summed E-state index contributed by atoms with van der Waals surface area (Å²) in [4.78, 5) is 19.5. The largest absolute Gasteiger partial charge is 0.477 e. The molecule has 0 saturated heterocycles. The van der Waals surface area contributed by atoms with Crippen LogP contribution in [-0.2, 0) is 34.0 Å². The van der Waals surface area contributed by atoms with Crippen LogP contribution in [-0.4, -0.2) is 61.7 Å². The summed E-state index contributed by atoms with van der Waals surface area (Å²) in [5, 5.41) is -0.151. The third-order valence-electron chi connectivity index (χ3n) is 6.07. The van der Waals surface area contributed by atoms with Crippen LogP contribution in [0.5, 0.6) is 5.88 Å². The average Bonchev–Trinajstić information content (AvgIpc) is 3.12. The first-order valence-electron chi connectivity index (χ1n) is 11.8. The Morgan fingerprint density at radius 1 is 1.18 bits per heavy atom. The van der Waals surface area contributed by atoms with Crippen molar-refractivity contribution in [2.75, 3.05) is 33.0 Å². The molecule has 0 spiro atoms. The Hall–Kier alpha value is -2.26. The van der Waals surface area contributed by atoms with E-state index in [1.165, 1.54) is 12.1 Å². The number of benzene rings is 1. The van der Waals surface area contributed by atoms with Crippen molar-refractivity contribution in [3.8, 4) is 5.88 Å². The van der Waals surface area contributed by atoms with Crippen molar-refractivity contribution in [1.29, 1.82) is 0 Å². The van der Waals surface area contributed by atoms with Gasteiger partial charge in [-0.1, -0.05) is 27.7 Å². The zero-order valence-electron chi connectivity index (χ0n) is 21.0. The molecule has 1 aromatic heterocycles. The van der Waals surface area contributed by atoms with Crippen molar-refractivity contribution in [3.63, 3.8) is 0 Å². The van der Waals surface area contributed by atoms with Gasteiger partial charge >= 0.3 is 0 Å². The van der Waals surface area contributed by atoms with Crippen LogP contribution in [0.3, 0.4) is 0 Å². The Morgan fingerprint density at radius 2 is 1.79 bits per heavy atom. The van der Waals surface area contributed by atoms with Crippen LogP contribution in [0.4, 0.5) is 4.39 Å². The number of carbonyl (C=O) groups excluding carboxylic acids is 1. The number of hydrogen-bond acceptors (Lipinski definition) is 6. The Labute approximate surface area is 202 Å². The molecule has 2 heterocycles. The second-order valence-electron chi connectivity index (χ2n) is 9.89. The van der Waals surface area contributed by atoms with Crippen LogP contribution in [0.2, 0.25) is 0 Å². The lowest BCUT2D eigenvalue weighted by atomic mass is 9.86. The van der Waals surface area contributed by atoms with Crippen LogP contribution < -0.4 is 4.74 Å². The Kier molecular flexibility index (Phi) is 8.18. The molecule has 0 aliphatic carbocycles. The minimum atomic E-state index is -4.01. The Morgan fingerprint density at radius 3 is 2.35 bits per heavy atom. The number of fused-ring (bicyclic) bond motifs is 1. The summed E-state index contributed by atoms with van der Waals surface area (Å²) in [5.74, 6) is -0.565. The van der Waals surface area contributed by atoms with Crippen molar-refractivity contribution in [3.05, 3.63) is 40.5 Å². The predicted octanol–water partition coefficient (Wildman–Crippen LogP) is 3.74. The number of likely N-dealkylation sites (N-methyl/N-ethyl adjacent to an activating group) is 1. The summed E-state index contributed by atoms with van der Waals surface area (Å²) in [6.07, 6.45) is 1.29.